The molecule has 2 amide bonds. The molecule has 214 valence electrons. The van der Waals surface area contributed by atoms with Crippen molar-refractivity contribution in [1.82, 2.24) is 10.2 Å². The Bertz CT molecular complexity index is 1370. The first-order valence-electron chi connectivity index (χ1n) is 13.2. The molecule has 3 aromatic carbocycles. The van der Waals surface area contributed by atoms with Gasteiger partial charge in [-0.1, -0.05) is 44.2 Å². The summed E-state index contributed by atoms with van der Waals surface area (Å²) in [5.74, 6) is -0.0903. The summed E-state index contributed by atoms with van der Waals surface area (Å²) in [6, 6.07) is 21.3. The molecule has 0 saturated carbocycles. The van der Waals surface area contributed by atoms with Crippen LogP contribution in [0.3, 0.4) is 0 Å². The number of anilines is 1. The lowest BCUT2D eigenvalue weighted by molar-refractivity contribution is -0.140. The third-order valence-electron chi connectivity index (χ3n) is 6.62. The van der Waals surface area contributed by atoms with Gasteiger partial charge in [-0.25, -0.2) is 8.42 Å². The van der Waals surface area contributed by atoms with E-state index in [1.807, 2.05) is 32.9 Å². The van der Waals surface area contributed by atoms with E-state index in [0.717, 1.165) is 19.9 Å². The SMILES string of the molecule is CC[C@H](C)NC(=O)[C@H](CC)N(Cc1ccc(OC)cc1)C(=O)CN(c1ccc(I)cc1)S(=O)(=O)c1ccccc1. The summed E-state index contributed by atoms with van der Waals surface area (Å²) in [6.07, 6.45) is 1.10. The predicted molar refractivity (Wildman–Crippen MR) is 166 cm³/mol. The Kier molecular flexibility index (Phi) is 11.4. The van der Waals surface area contributed by atoms with Crippen molar-refractivity contribution >= 4 is 50.1 Å². The second-order valence-electron chi connectivity index (χ2n) is 9.41. The van der Waals surface area contributed by atoms with Gasteiger partial charge in [0.1, 0.15) is 18.3 Å². The molecular weight excluding hydrogens is 641 g/mol. The molecule has 3 rings (SSSR count). The summed E-state index contributed by atoms with van der Waals surface area (Å²) in [6.45, 7) is 5.37. The monoisotopic (exact) mass is 677 g/mol. The fourth-order valence-corrected chi connectivity index (χ4v) is 5.94. The quantitative estimate of drug-likeness (QED) is 0.251. The van der Waals surface area contributed by atoms with Gasteiger partial charge in [0, 0.05) is 16.2 Å². The number of methoxy groups -OCH3 is 1. The summed E-state index contributed by atoms with van der Waals surface area (Å²) < 4.78 is 34.9. The molecular formula is C30H36IN3O5S. The first-order chi connectivity index (χ1) is 19.1. The van der Waals surface area contributed by atoms with Gasteiger partial charge in [-0.05, 0) is 96.5 Å². The maximum absolute atomic E-state index is 14.1. The van der Waals surface area contributed by atoms with Gasteiger partial charge in [-0.3, -0.25) is 13.9 Å². The van der Waals surface area contributed by atoms with Crippen molar-refractivity contribution in [2.45, 2.75) is 57.1 Å². The molecule has 1 N–H and O–H groups in total. The van der Waals surface area contributed by atoms with E-state index in [2.05, 4.69) is 27.9 Å². The maximum Gasteiger partial charge on any atom is 0.264 e. The van der Waals surface area contributed by atoms with Crippen LogP contribution in [-0.4, -0.2) is 50.9 Å². The number of rotatable bonds is 13. The highest BCUT2D eigenvalue weighted by Gasteiger charge is 2.34. The van der Waals surface area contributed by atoms with Crippen molar-refractivity contribution in [1.29, 1.82) is 0 Å². The van der Waals surface area contributed by atoms with Gasteiger partial charge < -0.3 is 15.0 Å². The van der Waals surface area contributed by atoms with Gasteiger partial charge in [-0.15, -0.1) is 0 Å². The molecule has 0 bridgehead atoms. The lowest BCUT2D eigenvalue weighted by Crippen LogP contribution is -2.53. The first kappa shape index (κ1) is 31.4. The number of halogens is 1. The third-order valence-corrected chi connectivity index (χ3v) is 9.13. The molecule has 0 aliphatic carbocycles. The number of amides is 2. The van der Waals surface area contributed by atoms with Crippen molar-refractivity contribution in [2.24, 2.45) is 0 Å². The number of carbonyl (C=O) groups is 2. The second-order valence-corrected chi connectivity index (χ2v) is 12.5. The zero-order valence-electron chi connectivity index (χ0n) is 23.2. The van der Waals surface area contributed by atoms with Crippen LogP contribution in [0.15, 0.2) is 83.8 Å². The summed E-state index contributed by atoms with van der Waals surface area (Å²) in [7, 11) is -2.51. The van der Waals surface area contributed by atoms with Crippen LogP contribution < -0.4 is 14.4 Å². The van der Waals surface area contributed by atoms with Crippen LogP contribution in [0, 0.1) is 3.57 Å². The molecule has 8 nitrogen and oxygen atoms in total. The summed E-state index contributed by atoms with van der Waals surface area (Å²) in [4.78, 5) is 29.0. The molecule has 0 unspecified atom stereocenters. The summed E-state index contributed by atoms with van der Waals surface area (Å²) >= 11 is 2.14. The number of ether oxygens (including phenoxy) is 1. The van der Waals surface area contributed by atoms with Crippen LogP contribution in [0.4, 0.5) is 5.69 Å². The number of benzene rings is 3. The van der Waals surface area contributed by atoms with E-state index in [-0.39, 0.29) is 23.4 Å². The van der Waals surface area contributed by atoms with E-state index in [1.54, 1.807) is 61.7 Å². The fourth-order valence-electron chi connectivity index (χ4n) is 4.14. The second kappa shape index (κ2) is 14.5. The molecule has 3 aromatic rings. The predicted octanol–water partition coefficient (Wildman–Crippen LogP) is 5.22. The minimum atomic E-state index is -4.09. The van der Waals surface area contributed by atoms with E-state index in [0.29, 0.717) is 17.9 Å². The zero-order chi connectivity index (χ0) is 29.3. The average Bonchev–Trinajstić information content (AvgIpc) is 2.96. The van der Waals surface area contributed by atoms with Gasteiger partial charge >= 0.3 is 0 Å². The Hall–Kier alpha value is -3.12. The highest BCUT2D eigenvalue weighted by Crippen LogP contribution is 2.26. The molecule has 0 heterocycles. The highest BCUT2D eigenvalue weighted by atomic mass is 127. The van der Waals surface area contributed by atoms with E-state index < -0.39 is 28.5 Å². The smallest absolute Gasteiger partial charge is 0.264 e. The van der Waals surface area contributed by atoms with Crippen molar-refractivity contribution in [2.75, 3.05) is 18.0 Å². The number of carbonyl (C=O) groups excluding carboxylic acids is 2. The van der Waals surface area contributed by atoms with Crippen LogP contribution >= 0.6 is 22.6 Å². The lowest BCUT2D eigenvalue weighted by Gasteiger charge is -2.33. The topological polar surface area (TPSA) is 96.0 Å². The molecule has 0 aromatic heterocycles. The van der Waals surface area contributed by atoms with Gasteiger partial charge in [-0.2, -0.15) is 0 Å². The molecule has 0 saturated heterocycles. The zero-order valence-corrected chi connectivity index (χ0v) is 26.2. The Morgan fingerprint density at radius 2 is 1.55 bits per heavy atom. The van der Waals surface area contributed by atoms with Crippen LogP contribution in [0.5, 0.6) is 5.75 Å². The van der Waals surface area contributed by atoms with Crippen molar-refractivity contribution in [3.8, 4) is 5.75 Å². The van der Waals surface area contributed by atoms with Crippen LogP contribution in [-0.2, 0) is 26.2 Å². The molecule has 40 heavy (non-hydrogen) atoms. The van der Waals surface area contributed by atoms with E-state index >= 15 is 0 Å². The van der Waals surface area contributed by atoms with E-state index in [1.165, 1.54) is 17.0 Å². The standard InChI is InChI=1S/C30H36IN3O5S/c1-5-22(3)32-30(36)28(6-2)33(20-23-12-18-26(39-4)19-13-23)29(35)21-34(25-16-14-24(31)15-17-25)40(37,38)27-10-8-7-9-11-27/h7-19,22,28H,5-6,20-21H2,1-4H3,(H,32,36)/t22-,28-/m0/s1. The fraction of sp³-hybridized carbons (Fsp3) is 0.333. The van der Waals surface area contributed by atoms with Crippen molar-refractivity contribution in [3.05, 3.63) is 88.0 Å². The molecule has 0 fully saturated rings. The Morgan fingerprint density at radius 3 is 2.10 bits per heavy atom. The normalized spacial score (nSPS) is 12.7. The number of sulfonamides is 1. The van der Waals surface area contributed by atoms with Crippen molar-refractivity contribution in [3.63, 3.8) is 0 Å². The van der Waals surface area contributed by atoms with Gasteiger partial charge in [0.05, 0.1) is 17.7 Å². The van der Waals surface area contributed by atoms with Crippen molar-refractivity contribution < 1.29 is 22.7 Å². The minimum absolute atomic E-state index is 0.0683. The Balaban J connectivity index is 2.03. The van der Waals surface area contributed by atoms with Gasteiger partial charge in [0.25, 0.3) is 10.0 Å². The highest BCUT2D eigenvalue weighted by molar-refractivity contribution is 14.1. The largest absolute Gasteiger partial charge is 0.497 e. The van der Waals surface area contributed by atoms with Crippen LogP contribution in [0.2, 0.25) is 0 Å². The number of nitrogens with one attached hydrogen (secondary N) is 1. The lowest BCUT2D eigenvalue weighted by atomic mass is 10.1. The maximum atomic E-state index is 14.1. The van der Waals surface area contributed by atoms with Gasteiger partial charge in [0.15, 0.2) is 0 Å². The number of hydrogen-bond acceptors (Lipinski definition) is 5. The van der Waals surface area contributed by atoms with Gasteiger partial charge in [0.2, 0.25) is 11.8 Å². The Labute approximate surface area is 250 Å². The molecule has 0 aliphatic rings. The molecule has 0 spiro atoms. The number of hydrogen-bond donors (Lipinski definition) is 1. The molecule has 2 atom stereocenters. The van der Waals surface area contributed by atoms with E-state index in [9.17, 15) is 18.0 Å². The average molecular weight is 678 g/mol. The molecule has 0 radical (unpaired) electrons. The molecule has 0 aliphatic heterocycles. The summed E-state index contributed by atoms with van der Waals surface area (Å²) in [5.41, 5.74) is 1.15. The Morgan fingerprint density at radius 1 is 0.925 bits per heavy atom. The first-order valence-corrected chi connectivity index (χ1v) is 15.7. The molecule has 10 heteroatoms. The van der Waals surface area contributed by atoms with Crippen LogP contribution in [0.1, 0.15) is 39.2 Å². The van der Waals surface area contributed by atoms with E-state index in [4.69, 9.17) is 4.74 Å². The summed E-state index contributed by atoms with van der Waals surface area (Å²) in [5, 5.41) is 2.98. The van der Waals surface area contributed by atoms with Crippen LogP contribution in [0.25, 0.3) is 0 Å². The minimum Gasteiger partial charge on any atom is -0.497 e. The third kappa shape index (κ3) is 7.97. The number of nitrogens with zero attached hydrogens (tertiary/aromatic N) is 2.